The lowest BCUT2D eigenvalue weighted by atomic mass is 10.4. The van der Waals surface area contributed by atoms with Crippen LogP contribution < -0.4 is 0 Å². The van der Waals surface area contributed by atoms with Crippen molar-refractivity contribution in [2.24, 2.45) is 5.92 Å². The third kappa shape index (κ3) is 3.43. The van der Waals surface area contributed by atoms with E-state index in [2.05, 4.69) is 4.98 Å². The Morgan fingerprint density at radius 3 is 2.74 bits per heavy atom. The zero-order chi connectivity index (χ0) is 14.0. The summed E-state index contributed by atoms with van der Waals surface area (Å²) in [5, 5.41) is 8.70. The van der Waals surface area contributed by atoms with Crippen LogP contribution in [0.25, 0.3) is 0 Å². The molecule has 0 aliphatic heterocycles. The van der Waals surface area contributed by atoms with Crippen molar-refractivity contribution in [3.63, 3.8) is 0 Å². The molecule has 6 nitrogen and oxygen atoms in total. The molecule has 1 aromatic rings. The van der Waals surface area contributed by atoms with Gasteiger partial charge in [0.05, 0.1) is 0 Å². The molecule has 19 heavy (non-hydrogen) atoms. The summed E-state index contributed by atoms with van der Waals surface area (Å²) in [6.07, 6.45) is 3.22. The van der Waals surface area contributed by atoms with E-state index >= 15 is 0 Å². The second-order valence-corrected chi connectivity index (χ2v) is 6.69. The first-order chi connectivity index (χ1) is 8.91. The molecule has 1 heterocycles. The summed E-state index contributed by atoms with van der Waals surface area (Å²) in [6.45, 7) is -0.357. The van der Waals surface area contributed by atoms with E-state index in [1.165, 1.54) is 18.3 Å². The molecular weight excluding hydrogens is 292 g/mol. The lowest BCUT2D eigenvalue weighted by Crippen LogP contribution is -2.37. The molecule has 0 bridgehead atoms. The van der Waals surface area contributed by atoms with Crippen LogP contribution in [0.2, 0.25) is 5.15 Å². The predicted octanol–water partition coefficient (Wildman–Crippen LogP) is 1.22. The summed E-state index contributed by atoms with van der Waals surface area (Å²) < 4.78 is 25.7. The van der Waals surface area contributed by atoms with Crippen LogP contribution in [0, 0.1) is 5.92 Å². The molecule has 8 heteroatoms. The standard InChI is InChI=1S/C11H13ClN2O4S/c12-11-9(2-1-5-13-11)19(17,18)14(7-10(15)16)6-8-3-4-8/h1-2,5,8H,3-4,6-7H2,(H,15,16). The van der Waals surface area contributed by atoms with E-state index in [1.54, 1.807) is 0 Å². The van der Waals surface area contributed by atoms with E-state index in [1.807, 2.05) is 0 Å². The molecule has 0 unspecified atom stereocenters. The van der Waals surface area contributed by atoms with Crippen LogP contribution in [0.4, 0.5) is 0 Å². The van der Waals surface area contributed by atoms with Crippen LogP contribution in [0.15, 0.2) is 23.2 Å². The monoisotopic (exact) mass is 304 g/mol. The number of carboxylic acid groups (broad SMARTS) is 1. The van der Waals surface area contributed by atoms with Gasteiger partial charge in [0, 0.05) is 12.7 Å². The average molecular weight is 305 g/mol. The fourth-order valence-corrected chi connectivity index (χ4v) is 3.58. The van der Waals surface area contributed by atoms with Crippen molar-refractivity contribution in [1.29, 1.82) is 0 Å². The van der Waals surface area contributed by atoms with Gasteiger partial charge in [-0.25, -0.2) is 13.4 Å². The molecule has 1 fully saturated rings. The van der Waals surface area contributed by atoms with E-state index in [4.69, 9.17) is 16.7 Å². The minimum absolute atomic E-state index is 0.145. The lowest BCUT2D eigenvalue weighted by Gasteiger charge is -2.20. The van der Waals surface area contributed by atoms with Gasteiger partial charge in [-0.2, -0.15) is 4.31 Å². The highest BCUT2D eigenvalue weighted by Crippen LogP contribution is 2.32. The van der Waals surface area contributed by atoms with Gasteiger partial charge in [-0.15, -0.1) is 0 Å². The molecular formula is C11H13ClN2O4S. The first-order valence-corrected chi connectivity index (χ1v) is 7.55. The van der Waals surface area contributed by atoms with Crippen LogP contribution >= 0.6 is 11.6 Å². The molecule has 104 valence electrons. The van der Waals surface area contributed by atoms with Crippen LogP contribution in [0.3, 0.4) is 0 Å². The highest BCUT2D eigenvalue weighted by atomic mass is 35.5. The SMILES string of the molecule is O=C(O)CN(CC1CC1)S(=O)(=O)c1cccnc1Cl. The highest BCUT2D eigenvalue weighted by molar-refractivity contribution is 7.89. The maximum absolute atomic E-state index is 12.4. The Hall–Kier alpha value is -1.18. The van der Waals surface area contributed by atoms with Crippen molar-refractivity contribution >= 4 is 27.6 Å². The molecule has 0 amide bonds. The molecule has 0 atom stereocenters. The van der Waals surface area contributed by atoms with E-state index in [9.17, 15) is 13.2 Å². The summed E-state index contributed by atoms with van der Waals surface area (Å²) in [6, 6.07) is 2.78. The molecule has 1 aliphatic rings. The van der Waals surface area contributed by atoms with E-state index in [0.29, 0.717) is 0 Å². The molecule has 0 saturated heterocycles. The number of carbonyl (C=O) groups is 1. The van der Waals surface area contributed by atoms with Gasteiger partial charge in [0.25, 0.3) is 0 Å². The van der Waals surface area contributed by atoms with Gasteiger partial charge in [-0.1, -0.05) is 11.6 Å². The number of nitrogens with zero attached hydrogens (tertiary/aromatic N) is 2. The van der Waals surface area contributed by atoms with Crippen molar-refractivity contribution in [3.8, 4) is 0 Å². The van der Waals surface area contributed by atoms with Crippen LogP contribution in [-0.2, 0) is 14.8 Å². The zero-order valence-electron chi connectivity index (χ0n) is 9.99. The number of aromatic nitrogens is 1. The number of hydrogen-bond acceptors (Lipinski definition) is 4. The molecule has 0 radical (unpaired) electrons. The van der Waals surface area contributed by atoms with Crippen molar-refractivity contribution < 1.29 is 18.3 Å². The summed E-state index contributed by atoms with van der Waals surface area (Å²) in [5.74, 6) is -0.950. The third-order valence-corrected chi connectivity index (χ3v) is 5.07. The minimum Gasteiger partial charge on any atom is -0.480 e. The summed E-state index contributed by atoms with van der Waals surface area (Å²) in [4.78, 5) is 14.4. The number of aliphatic carboxylic acids is 1. The largest absolute Gasteiger partial charge is 0.480 e. The first-order valence-electron chi connectivity index (χ1n) is 5.73. The summed E-state index contributed by atoms with van der Waals surface area (Å²) in [7, 11) is -3.92. The van der Waals surface area contributed by atoms with E-state index < -0.39 is 22.5 Å². The Kier molecular flexibility index (Phi) is 4.07. The molecule has 0 aromatic carbocycles. The number of halogens is 1. The third-order valence-electron chi connectivity index (χ3n) is 2.81. The molecule has 1 aromatic heterocycles. The molecule has 1 N–H and O–H groups in total. The van der Waals surface area contributed by atoms with Crippen molar-refractivity contribution in [3.05, 3.63) is 23.5 Å². The quantitative estimate of drug-likeness (QED) is 0.798. The van der Waals surface area contributed by atoms with Gasteiger partial charge in [0.15, 0.2) is 0 Å². The van der Waals surface area contributed by atoms with Crippen molar-refractivity contribution in [2.45, 2.75) is 17.7 Å². The van der Waals surface area contributed by atoms with Crippen LogP contribution in [0.1, 0.15) is 12.8 Å². The Morgan fingerprint density at radius 2 is 2.21 bits per heavy atom. The van der Waals surface area contributed by atoms with Gasteiger partial charge in [-0.3, -0.25) is 4.79 Å². The minimum atomic E-state index is -3.92. The number of hydrogen-bond donors (Lipinski definition) is 1. The Labute approximate surface area is 116 Å². The number of pyridine rings is 1. The zero-order valence-corrected chi connectivity index (χ0v) is 11.6. The van der Waals surface area contributed by atoms with Gasteiger partial charge in [0.2, 0.25) is 10.0 Å². The number of sulfonamides is 1. The van der Waals surface area contributed by atoms with E-state index in [0.717, 1.165) is 17.1 Å². The van der Waals surface area contributed by atoms with Gasteiger partial charge >= 0.3 is 5.97 Å². The van der Waals surface area contributed by atoms with Crippen LogP contribution in [-0.4, -0.2) is 41.9 Å². The maximum Gasteiger partial charge on any atom is 0.318 e. The fourth-order valence-electron chi connectivity index (χ4n) is 1.69. The smallest absolute Gasteiger partial charge is 0.318 e. The first kappa shape index (κ1) is 14.2. The van der Waals surface area contributed by atoms with Gasteiger partial charge < -0.3 is 5.11 Å². The molecule has 2 rings (SSSR count). The normalized spacial score (nSPS) is 15.7. The van der Waals surface area contributed by atoms with Gasteiger partial charge in [-0.05, 0) is 30.9 Å². The van der Waals surface area contributed by atoms with Gasteiger partial charge in [0.1, 0.15) is 16.6 Å². The highest BCUT2D eigenvalue weighted by Gasteiger charge is 2.34. The second-order valence-electron chi connectivity index (χ2n) is 4.43. The van der Waals surface area contributed by atoms with Crippen LogP contribution in [0.5, 0.6) is 0 Å². The fraction of sp³-hybridized carbons (Fsp3) is 0.455. The topological polar surface area (TPSA) is 87.6 Å². The Balaban J connectivity index is 2.32. The van der Waals surface area contributed by atoms with E-state index in [-0.39, 0.29) is 22.5 Å². The summed E-state index contributed by atoms with van der Waals surface area (Å²) >= 11 is 5.78. The average Bonchev–Trinajstić information content (AvgIpc) is 3.12. The number of carboxylic acids is 1. The predicted molar refractivity (Wildman–Crippen MR) is 68.4 cm³/mol. The Morgan fingerprint density at radius 1 is 1.53 bits per heavy atom. The molecule has 1 saturated carbocycles. The molecule has 0 spiro atoms. The second kappa shape index (κ2) is 5.44. The number of rotatable bonds is 6. The summed E-state index contributed by atoms with van der Waals surface area (Å²) in [5.41, 5.74) is 0. The lowest BCUT2D eigenvalue weighted by molar-refractivity contribution is -0.137. The Bertz CT molecular complexity index is 586. The van der Waals surface area contributed by atoms with Crippen molar-refractivity contribution in [2.75, 3.05) is 13.1 Å². The maximum atomic E-state index is 12.4. The molecule has 1 aliphatic carbocycles. The van der Waals surface area contributed by atoms with Crippen molar-refractivity contribution in [1.82, 2.24) is 9.29 Å².